The molecule has 0 aliphatic carbocycles. The molecule has 2 rings (SSSR count). The van der Waals surface area contributed by atoms with Gasteiger partial charge in [-0.05, 0) is 52.8 Å². The molecule has 0 bridgehead atoms. The monoisotopic (exact) mass is 393 g/mol. The lowest BCUT2D eigenvalue weighted by molar-refractivity contribution is -0.131. The van der Waals surface area contributed by atoms with Gasteiger partial charge < -0.3 is 14.1 Å². The van der Waals surface area contributed by atoms with Crippen LogP contribution in [-0.2, 0) is 14.0 Å². The average molecular weight is 394 g/mol. The molecule has 1 atom stereocenters. The minimum atomic E-state index is -1.63. The van der Waals surface area contributed by atoms with Gasteiger partial charge in [-0.25, -0.2) is 4.85 Å². The molecule has 152 valence electrons. The first-order valence-corrected chi connectivity index (χ1v) is 13.4. The first-order valence-electron chi connectivity index (χ1n) is 10.0. The van der Waals surface area contributed by atoms with Gasteiger partial charge in [0.05, 0.1) is 32.4 Å². The molecule has 0 aromatic rings. The van der Waals surface area contributed by atoms with Crippen molar-refractivity contribution in [2.45, 2.75) is 64.3 Å². The van der Waals surface area contributed by atoms with Crippen LogP contribution >= 0.6 is 0 Å². The molecule has 1 amide bonds. The van der Waals surface area contributed by atoms with Crippen LogP contribution in [0.4, 0.5) is 0 Å². The predicted octanol–water partition coefficient (Wildman–Crippen LogP) is 3.13. The lowest BCUT2D eigenvalue weighted by Crippen LogP contribution is -2.50. The number of rotatable bonds is 6. The molecular formula is C20H35N3O3Si. The van der Waals surface area contributed by atoms with Crippen molar-refractivity contribution in [1.82, 2.24) is 9.80 Å². The second-order valence-electron chi connectivity index (χ2n) is 8.97. The van der Waals surface area contributed by atoms with E-state index < -0.39 is 8.32 Å². The Morgan fingerprint density at radius 1 is 1.26 bits per heavy atom. The number of carbonyl (C=O) groups excluding carboxylic acids is 1. The Labute approximate surface area is 165 Å². The first kappa shape index (κ1) is 22.1. The van der Waals surface area contributed by atoms with Crippen molar-refractivity contribution >= 4 is 14.2 Å². The topological polar surface area (TPSA) is 46.4 Å². The number of carbonyl (C=O) groups is 1. The van der Waals surface area contributed by atoms with Gasteiger partial charge in [0, 0.05) is 25.2 Å². The third-order valence-corrected chi connectivity index (χ3v) is 6.29. The van der Waals surface area contributed by atoms with Crippen LogP contribution in [-0.4, -0.2) is 75.1 Å². The fraction of sp³-hybridized carbons (Fsp3) is 0.800. The van der Waals surface area contributed by atoms with Gasteiger partial charge in [-0.3, -0.25) is 9.69 Å². The maximum atomic E-state index is 13.2. The van der Waals surface area contributed by atoms with Crippen molar-refractivity contribution in [3.05, 3.63) is 23.2 Å². The van der Waals surface area contributed by atoms with Crippen LogP contribution in [0.15, 0.2) is 11.8 Å². The van der Waals surface area contributed by atoms with Crippen LogP contribution in [0.3, 0.4) is 0 Å². The van der Waals surface area contributed by atoms with Gasteiger partial charge in [-0.15, -0.1) is 0 Å². The highest BCUT2D eigenvalue weighted by Crippen LogP contribution is 2.25. The van der Waals surface area contributed by atoms with Crippen molar-refractivity contribution in [2.75, 3.05) is 39.5 Å². The Hall–Kier alpha value is -1.20. The molecule has 0 spiro atoms. The summed E-state index contributed by atoms with van der Waals surface area (Å²) in [5.74, 6) is -0.143. The second-order valence-corrected chi connectivity index (χ2v) is 13.5. The summed E-state index contributed by atoms with van der Waals surface area (Å²) in [6.45, 7) is 22.6. The van der Waals surface area contributed by atoms with Crippen molar-refractivity contribution in [3.8, 4) is 0 Å². The maximum absolute atomic E-state index is 13.2. The number of amides is 1. The normalized spacial score (nSPS) is 23.2. The van der Waals surface area contributed by atoms with E-state index in [1.54, 1.807) is 0 Å². The van der Waals surface area contributed by atoms with Crippen LogP contribution in [0, 0.1) is 6.57 Å². The Kier molecular flexibility index (Phi) is 7.63. The van der Waals surface area contributed by atoms with E-state index in [0.717, 1.165) is 32.4 Å². The molecule has 6 nitrogen and oxygen atoms in total. The SMILES string of the molecule is [C-]#[N+]C(=CC(C)(C)N1CCOCC1)C(=O)N1CCCC[C@@H]1CO[Si](C)(C)C. The van der Waals surface area contributed by atoms with E-state index in [1.165, 1.54) is 0 Å². The summed E-state index contributed by atoms with van der Waals surface area (Å²) in [7, 11) is -1.63. The third kappa shape index (κ3) is 6.42. The van der Waals surface area contributed by atoms with Crippen molar-refractivity contribution in [1.29, 1.82) is 0 Å². The van der Waals surface area contributed by atoms with E-state index in [1.807, 2.05) is 11.0 Å². The molecule has 2 saturated heterocycles. The summed E-state index contributed by atoms with van der Waals surface area (Å²) < 4.78 is 11.5. The second kappa shape index (κ2) is 9.33. The summed E-state index contributed by atoms with van der Waals surface area (Å²) in [5.41, 5.74) is -0.120. The van der Waals surface area contributed by atoms with Crippen LogP contribution < -0.4 is 0 Å². The highest BCUT2D eigenvalue weighted by molar-refractivity contribution is 6.69. The Balaban J connectivity index is 2.14. The van der Waals surface area contributed by atoms with Gasteiger partial charge in [-0.2, -0.15) is 0 Å². The predicted molar refractivity (Wildman–Crippen MR) is 110 cm³/mol. The quantitative estimate of drug-likeness (QED) is 0.395. The lowest BCUT2D eigenvalue weighted by Gasteiger charge is -2.40. The van der Waals surface area contributed by atoms with Crippen LogP contribution in [0.25, 0.3) is 4.85 Å². The minimum absolute atomic E-state index is 0.0784. The average Bonchev–Trinajstić information content (AvgIpc) is 2.64. The zero-order valence-corrected chi connectivity index (χ0v) is 18.6. The molecule has 0 N–H and O–H groups in total. The van der Waals surface area contributed by atoms with E-state index >= 15 is 0 Å². The zero-order chi connectivity index (χ0) is 20.1. The molecule has 2 fully saturated rings. The molecule has 2 aliphatic heterocycles. The van der Waals surface area contributed by atoms with E-state index in [-0.39, 0.29) is 23.2 Å². The summed E-state index contributed by atoms with van der Waals surface area (Å²) in [6.07, 6.45) is 4.90. The smallest absolute Gasteiger partial charge is 0.252 e. The Morgan fingerprint density at radius 3 is 2.52 bits per heavy atom. The molecule has 7 heteroatoms. The molecule has 0 aromatic carbocycles. The Morgan fingerprint density at radius 2 is 1.93 bits per heavy atom. The highest BCUT2D eigenvalue weighted by Gasteiger charge is 2.33. The number of hydrogen-bond acceptors (Lipinski definition) is 4. The standard InChI is InChI=1S/C20H35N3O3Si/c1-20(2,22-11-13-25-14-12-22)15-18(21-3)19(24)23-10-8-7-9-17(23)16-26-27(4,5)6/h15,17H,7-14,16H2,1-2,4-6H3/t17-/m1/s1. The van der Waals surface area contributed by atoms with E-state index in [4.69, 9.17) is 15.7 Å². The molecule has 2 aliphatic rings. The van der Waals surface area contributed by atoms with E-state index in [9.17, 15) is 4.79 Å². The molecule has 0 unspecified atom stereocenters. The van der Waals surface area contributed by atoms with Crippen molar-refractivity contribution < 1.29 is 14.0 Å². The number of ether oxygens (including phenoxy) is 1. The fourth-order valence-electron chi connectivity index (χ4n) is 3.64. The minimum Gasteiger partial charge on any atom is -0.416 e. The lowest BCUT2D eigenvalue weighted by atomic mass is 9.98. The van der Waals surface area contributed by atoms with Crippen LogP contribution in [0.1, 0.15) is 33.1 Å². The largest absolute Gasteiger partial charge is 0.416 e. The van der Waals surface area contributed by atoms with Gasteiger partial charge in [-0.1, -0.05) is 6.08 Å². The molecule has 0 saturated carbocycles. The molecule has 27 heavy (non-hydrogen) atoms. The van der Waals surface area contributed by atoms with Gasteiger partial charge in [0.1, 0.15) is 0 Å². The van der Waals surface area contributed by atoms with Crippen LogP contribution in [0.5, 0.6) is 0 Å². The number of morpholine rings is 1. The molecular weight excluding hydrogens is 358 g/mol. The number of piperidine rings is 1. The molecule has 2 heterocycles. The van der Waals surface area contributed by atoms with Gasteiger partial charge in [0.15, 0.2) is 8.32 Å². The Bertz CT molecular complexity index is 586. The number of nitrogens with zero attached hydrogens (tertiary/aromatic N) is 3. The number of hydrogen-bond donors (Lipinski definition) is 0. The summed E-state index contributed by atoms with van der Waals surface area (Å²) >= 11 is 0. The van der Waals surface area contributed by atoms with E-state index in [0.29, 0.717) is 26.4 Å². The van der Waals surface area contributed by atoms with Gasteiger partial charge >= 0.3 is 0 Å². The van der Waals surface area contributed by atoms with E-state index in [2.05, 4.69) is 43.2 Å². The maximum Gasteiger partial charge on any atom is 0.252 e. The first-order chi connectivity index (χ1) is 12.6. The van der Waals surface area contributed by atoms with Crippen molar-refractivity contribution in [2.24, 2.45) is 0 Å². The third-order valence-electron chi connectivity index (χ3n) is 5.25. The number of likely N-dealkylation sites (tertiary alicyclic amines) is 1. The zero-order valence-electron chi connectivity index (χ0n) is 17.6. The van der Waals surface area contributed by atoms with Gasteiger partial charge in [0.2, 0.25) is 5.70 Å². The highest BCUT2D eigenvalue weighted by atomic mass is 28.4. The molecule has 0 radical (unpaired) electrons. The van der Waals surface area contributed by atoms with Gasteiger partial charge in [0.25, 0.3) is 5.91 Å². The summed E-state index contributed by atoms with van der Waals surface area (Å²) in [6, 6.07) is 0.0784. The summed E-state index contributed by atoms with van der Waals surface area (Å²) in [4.78, 5) is 21.0. The van der Waals surface area contributed by atoms with Crippen molar-refractivity contribution in [3.63, 3.8) is 0 Å². The summed E-state index contributed by atoms with van der Waals surface area (Å²) in [5, 5.41) is 0. The fourth-order valence-corrected chi connectivity index (χ4v) is 4.33. The molecule has 0 aromatic heterocycles. The van der Waals surface area contributed by atoms with Crippen LogP contribution in [0.2, 0.25) is 19.6 Å².